The van der Waals surface area contributed by atoms with Crippen molar-refractivity contribution >= 4 is 36.2 Å². The van der Waals surface area contributed by atoms with E-state index in [2.05, 4.69) is 92.7 Å². The summed E-state index contributed by atoms with van der Waals surface area (Å²) in [5.74, 6) is -0.0465. The number of carboxylic acids is 2. The minimum atomic E-state index is -0.947. The van der Waals surface area contributed by atoms with Crippen molar-refractivity contribution < 1.29 is 29.3 Å². The normalized spacial score (nSPS) is 11.2. The van der Waals surface area contributed by atoms with Crippen LogP contribution in [0.25, 0.3) is 24.3 Å². The van der Waals surface area contributed by atoms with Gasteiger partial charge in [0.1, 0.15) is 24.7 Å². The maximum atomic E-state index is 10.6. The SMILES string of the molecule is Cc1cccc(/C=C/Cc2ccc(/C=C/C(=O)O)cc2)c1OCc1ccccc1.Cc1cccc(C/C=C\c2ccc(/C=C/C(=O)O)cc2)c1OCc1ccccc1. The van der Waals surface area contributed by atoms with E-state index in [0.717, 1.165) is 92.1 Å². The Labute approximate surface area is 341 Å². The van der Waals surface area contributed by atoms with Crippen LogP contribution in [0.2, 0.25) is 0 Å². The van der Waals surface area contributed by atoms with Gasteiger partial charge in [0.05, 0.1) is 0 Å². The summed E-state index contributed by atoms with van der Waals surface area (Å²) >= 11 is 0. The highest BCUT2D eigenvalue weighted by atomic mass is 16.5. The summed E-state index contributed by atoms with van der Waals surface area (Å²) < 4.78 is 12.2. The highest BCUT2D eigenvalue weighted by molar-refractivity contribution is 5.85. The Bertz CT molecular complexity index is 2340. The smallest absolute Gasteiger partial charge is 0.328 e. The maximum Gasteiger partial charge on any atom is 0.328 e. The molecule has 0 unspecified atom stereocenters. The Balaban J connectivity index is 0.000000221. The van der Waals surface area contributed by atoms with Crippen LogP contribution >= 0.6 is 0 Å². The molecule has 0 saturated heterocycles. The molecule has 58 heavy (non-hydrogen) atoms. The van der Waals surface area contributed by atoms with Gasteiger partial charge in [-0.2, -0.15) is 0 Å². The molecule has 2 N–H and O–H groups in total. The molecule has 0 aliphatic heterocycles. The lowest BCUT2D eigenvalue weighted by atomic mass is 10.1. The molecule has 0 heterocycles. The lowest BCUT2D eigenvalue weighted by Crippen LogP contribution is -2.00. The number of hydrogen-bond donors (Lipinski definition) is 2. The Morgan fingerprint density at radius 3 is 1.48 bits per heavy atom. The average Bonchev–Trinajstić information content (AvgIpc) is 3.23. The molecule has 0 radical (unpaired) electrons. The molecule has 6 aromatic carbocycles. The molecular weight excluding hydrogens is 721 g/mol. The second kappa shape index (κ2) is 22.4. The van der Waals surface area contributed by atoms with Crippen LogP contribution < -0.4 is 9.47 Å². The first kappa shape index (κ1) is 42.0. The van der Waals surface area contributed by atoms with Crippen molar-refractivity contribution in [1.82, 2.24) is 0 Å². The molecule has 292 valence electrons. The number of carbonyl (C=O) groups is 2. The summed E-state index contributed by atoms with van der Waals surface area (Å²) in [7, 11) is 0. The molecule has 0 spiro atoms. The van der Waals surface area contributed by atoms with Crippen molar-refractivity contribution in [2.75, 3.05) is 0 Å². The largest absolute Gasteiger partial charge is 0.488 e. The first-order valence-electron chi connectivity index (χ1n) is 19.1. The van der Waals surface area contributed by atoms with Gasteiger partial charge in [0.25, 0.3) is 0 Å². The van der Waals surface area contributed by atoms with E-state index in [1.54, 1.807) is 12.2 Å². The van der Waals surface area contributed by atoms with Crippen LogP contribution in [-0.2, 0) is 35.6 Å². The number of allylic oxidation sites excluding steroid dienone is 2. The topological polar surface area (TPSA) is 93.1 Å². The van der Waals surface area contributed by atoms with Crippen molar-refractivity contribution in [1.29, 1.82) is 0 Å². The van der Waals surface area contributed by atoms with Gasteiger partial charge in [-0.15, -0.1) is 0 Å². The molecule has 0 aliphatic carbocycles. The van der Waals surface area contributed by atoms with Gasteiger partial charge in [0, 0.05) is 17.7 Å². The lowest BCUT2D eigenvalue weighted by Gasteiger charge is -2.13. The zero-order valence-corrected chi connectivity index (χ0v) is 32.8. The van der Waals surface area contributed by atoms with E-state index >= 15 is 0 Å². The Hall–Kier alpha value is -7.18. The van der Waals surface area contributed by atoms with E-state index < -0.39 is 11.9 Å². The molecule has 6 nitrogen and oxygen atoms in total. The number of para-hydroxylation sites is 2. The number of benzene rings is 6. The summed E-state index contributed by atoms with van der Waals surface area (Å²) in [6.45, 7) is 5.21. The van der Waals surface area contributed by atoms with E-state index in [1.807, 2.05) is 91.0 Å². The maximum absolute atomic E-state index is 10.6. The van der Waals surface area contributed by atoms with Crippen molar-refractivity contribution in [2.24, 2.45) is 0 Å². The third-order valence-corrected chi connectivity index (χ3v) is 9.04. The molecule has 6 heteroatoms. The molecule has 6 rings (SSSR count). The minimum Gasteiger partial charge on any atom is -0.488 e. The minimum absolute atomic E-state index is 0.540. The number of rotatable bonds is 16. The summed E-state index contributed by atoms with van der Waals surface area (Å²) in [5.41, 5.74) is 10.7. The molecule has 0 aromatic heterocycles. The van der Waals surface area contributed by atoms with Crippen molar-refractivity contribution in [3.8, 4) is 11.5 Å². The zero-order chi connectivity index (χ0) is 41.0. The quantitative estimate of drug-likeness (QED) is 0.0953. The second-order valence-corrected chi connectivity index (χ2v) is 13.6. The van der Waals surface area contributed by atoms with E-state index in [1.165, 1.54) is 0 Å². The molecule has 6 aromatic rings. The number of ether oxygens (including phenoxy) is 2. The van der Waals surface area contributed by atoms with Crippen LogP contribution in [0.1, 0.15) is 55.6 Å². The van der Waals surface area contributed by atoms with Crippen LogP contribution in [0, 0.1) is 13.8 Å². The van der Waals surface area contributed by atoms with Crippen LogP contribution in [-0.4, -0.2) is 22.2 Å². The van der Waals surface area contributed by atoms with Crippen LogP contribution in [0.5, 0.6) is 11.5 Å². The van der Waals surface area contributed by atoms with Crippen LogP contribution in [0.4, 0.5) is 0 Å². The number of carboxylic acid groups (broad SMARTS) is 2. The molecule has 0 fully saturated rings. The molecule has 0 amide bonds. The first-order valence-corrected chi connectivity index (χ1v) is 19.1. The predicted octanol–water partition coefficient (Wildman–Crippen LogP) is 11.9. The fourth-order valence-electron chi connectivity index (χ4n) is 6.01. The van der Waals surface area contributed by atoms with Gasteiger partial charge in [-0.1, -0.05) is 170 Å². The van der Waals surface area contributed by atoms with Gasteiger partial charge in [0.15, 0.2) is 0 Å². The van der Waals surface area contributed by atoms with E-state index in [-0.39, 0.29) is 0 Å². The Morgan fingerprint density at radius 2 is 0.931 bits per heavy atom. The summed E-state index contributed by atoms with van der Waals surface area (Å²) in [5, 5.41) is 17.4. The van der Waals surface area contributed by atoms with Gasteiger partial charge < -0.3 is 19.7 Å². The van der Waals surface area contributed by atoms with E-state index in [0.29, 0.717) is 13.2 Å². The van der Waals surface area contributed by atoms with Crippen molar-refractivity contribution in [2.45, 2.75) is 39.9 Å². The number of aliphatic carboxylic acids is 2. The summed E-state index contributed by atoms with van der Waals surface area (Å²) in [6, 6.07) is 48.3. The van der Waals surface area contributed by atoms with E-state index in [4.69, 9.17) is 19.7 Å². The van der Waals surface area contributed by atoms with Crippen molar-refractivity contribution in [3.63, 3.8) is 0 Å². The monoisotopic (exact) mass is 768 g/mol. The van der Waals surface area contributed by atoms with Gasteiger partial charge in [-0.25, -0.2) is 9.59 Å². The highest BCUT2D eigenvalue weighted by Crippen LogP contribution is 2.27. The summed E-state index contributed by atoms with van der Waals surface area (Å²) in [4.78, 5) is 21.2. The summed E-state index contributed by atoms with van der Waals surface area (Å²) in [6.07, 6.45) is 15.4. The van der Waals surface area contributed by atoms with Crippen LogP contribution in [0.15, 0.2) is 170 Å². The third-order valence-electron chi connectivity index (χ3n) is 9.04. The second-order valence-electron chi connectivity index (χ2n) is 13.6. The van der Waals surface area contributed by atoms with Gasteiger partial charge >= 0.3 is 11.9 Å². The van der Waals surface area contributed by atoms with Gasteiger partial charge in [-0.3, -0.25) is 0 Å². The molecule has 0 aliphatic rings. The van der Waals surface area contributed by atoms with Gasteiger partial charge in [-0.05, 0) is 88.9 Å². The number of aryl methyl sites for hydroxylation is 2. The fourth-order valence-corrected chi connectivity index (χ4v) is 6.01. The van der Waals surface area contributed by atoms with Gasteiger partial charge in [0.2, 0.25) is 0 Å². The molecular formula is C52H48O6. The van der Waals surface area contributed by atoms with Crippen molar-refractivity contribution in [3.05, 3.63) is 226 Å². The number of hydrogen-bond acceptors (Lipinski definition) is 4. The predicted molar refractivity (Wildman–Crippen MR) is 236 cm³/mol. The average molecular weight is 769 g/mol. The molecule has 0 atom stereocenters. The fraction of sp³-hybridized carbons (Fsp3) is 0.115. The highest BCUT2D eigenvalue weighted by Gasteiger charge is 2.07. The van der Waals surface area contributed by atoms with Crippen LogP contribution in [0.3, 0.4) is 0 Å². The third kappa shape index (κ3) is 14.2. The lowest BCUT2D eigenvalue weighted by molar-refractivity contribution is -0.132. The standard InChI is InChI=1S/2C26H24O3/c2*1-20-7-5-11-24(26(20)29-19-23-8-3-2-4-9-23)12-6-10-21-13-15-22(16-14-21)17-18-25(27)28/h2-9,11-18H,10,19H2,1H3,(H,27,28);2-11,13-18H,12,19H2,1H3,(H,27,28)/b12-6+,18-17+;10-6-,18-17+. The Kier molecular flexibility index (Phi) is 16.2. The molecule has 0 bridgehead atoms. The zero-order valence-electron chi connectivity index (χ0n) is 32.8. The first-order chi connectivity index (χ1) is 28.2. The Morgan fingerprint density at radius 1 is 0.466 bits per heavy atom. The van der Waals surface area contributed by atoms with E-state index in [9.17, 15) is 9.59 Å². The molecule has 0 saturated carbocycles.